The maximum atomic E-state index is 11.8. The number of nitrogens with zero attached hydrogens (tertiary/aromatic N) is 2. The summed E-state index contributed by atoms with van der Waals surface area (Å²) in [5.74, 6) is -0.293. The van der Waals surface area contributed by atoms with Crippen LogP contribution in [0.3, 0.4) is 0 Å². The summed E-state index contributed by atoms with van der Waals surface area (Å²) in [7, 11) is -1.41. The van der Waals surface area contributed by atoms with E-state index in [1.165, 1.54) is 6.20 Å². The van der Waals surface area contributed by atoms with Crippen LogP contribution in [0.25, 0.3) is 0 Å². The van der Waals surface area contributed by atoms with Crippen LogP contribution in [0.2, 0.25) is 0 Å². The molecule has 1 unspecified atom stereocenters. The minimum Gasteiger partial charge on any atom is -0.318 e. The van der Waals surface area contributed by atoms with Crippen LogP contribution in [0.4, 0.5) is 0 Å². The number of aromatic nitrogens is 2. The number of ketones is 1. The zero-order chi connectivity index (χ0) is 13.8. The van der Waals surface area contributed by atoms with Gasteiger partial charge in [0.2, 0.25) is 0 Å². The highest BCUT2D eigenvalue weighted by Gasteiger charge is 2.20. The molecule has 0 fully saturated rings. The molecule has 6 nitrogen and oxygen atoms in total. The average Bonchev–Trinajstić information content (AvgIpc) is 2.72. The number of Topliss-reactive ketones (excluding diaryl/α,β-unsaturated/α-hetero) is 1. The van der Waals surface area contributed by atoms with Gasteiger partial charge in [-0.2, -0.15) is 5.10 Å². The van der Waals surface area contributed by atoms with Crippen LogP contribution in [0.1, 0.15) is 31.4 Å². The molecule has 0 spiro atoms. The van der Waals surface area contributed by atoms with Crippen molar-refractivity contribution in [2.75, 3.05) is 11.5 Å². The zero-order valence-corrected chi connectivity index (χ0v) is 11.5. The van der Waals surface area contributed by atoms with Crippen LogP contribution in [0.5, 0.6) is 0 Å². The average molecular weight is 273 g/mol. The van der Waals surface area contributed by atoms with Gasteiger partial charge in [-0.3, -0.25) is 9.48 Å². The lowest BCUT2D eigenvalue weighted by molar-refractivity contribution is -0.120. The topological polar surface area (TPSA) is 95.1 Å². The Labute approximate surface area is 107 Å². The second kappa shape index (κ2) is 6.10. The van der Waals surface area contributed by atoms with Gasteiger partial charge < -0.3 is 5.73 Å². The van der Waals surface area contributed by atoms with Crippen molar-refractivity contribution >= 4 is 15.6 Å². The monoisotopic (exact) mass is 273 g/mol. The zero-order valence-electron chi connectivity index (χ0n) is 10.7. The highest BCUT2D eigenvalue weighted by atomic mass is 32.2. The second-order valence-electron chi connectivity index (χ2n) is 4.29. The van der Waals surface area contributed by atoms with Gasteiger partial charge in [0.15, 0.2) is 15.6 Å². The predicted octanol–water partition coefficient (Wildman–Crippen LogP) is 0.204. The molecule has 0 aliphatic heterocycles. The smallest absolute Gasteiger partial charge is 0.155 e. The van der Waals surface area contributed by atoms with E-state index >= 15 is 0 Å². The van der Waals surface area contributed by atoms with Gasteiger partial charge >= 0.3 is 0 Å². The molecule has 1 heterocycles. The first-order valence-corrected chi connectivity index (χ1v) is 7.65. The molecule has 1 atom stereocenters. The van der Waals surface area contributed by atoms with Gasteiger partial charge in [-0.15, -0.1) is 0 Å². The van der Waals surface area contributed by atoms with Crippen LogP contribution in [0.15, 0.2) is 12.4 Å². The molecule has 0 saturated heterocycles. The first-order chi connectivity index (χ1) is 8.35. The van der Waals surface area contributed by atoms with Crippen LogP contribution < -0.4 is 5.73 Å². The quantitative estimate of drug-likeness (QED) is 0.766. The molecular weight excluding hydrogens is 254 g/mol. The minimum absolute atomic E-state index is 0.0433. The third-order valence-electron chi connectivity index (χ3n) is 2.61. The molecular formula is C11H19N3O3S. The summed E-state index contributed by atoms with van der Waals surface area (Å²) in [6, 6.07) is -0.796. The fraction of sp³-hybridized carbons (Fsp3) is 0.636. The normalized spacial score (nSPS) is 13.5. The van der Waals surface area contributed by atoms with Gasteiger partial charge in [0.1, 0.15) is 0 Å². The molecule has 102 valence electrons. The maximum Gasteiger partial charge on any atom is 0.155 e. The number of hydrogen-bond acceptors (Lipinski definition) is 5. The third-order valence-corrected chi connectivity index (χ3v) is 4.46. The highest BCUT2D eigenvalue weighted by Crippen LogP contribution is 2.12. The Morgan fingerprint density at radius 3 is 2.67 bits per heavy atom. The van der Waals surface area contributed by atoms with Crippen molar-refractivity contribution in [3.63, 3.8) is 0 Å². The Bertz CT molecular complexity index is 507. The fourth-order valence-corrected chi connectivity index (χ4v) is 2.95. The summed E-state index contributed by atoms with van der Waals surface area (Å²) < 4.78 is 24.5. The number of nitrogens with two attached hydrogens (primary N) is 1. The SMILES string of the molecule is CCCS(=O)(=O)CCC(=O)C(N)c1cnn(C)c1. The predicted molar refractivity (Wildman–Crippen MR) is 68.7 cm³/mol. The number of sulfone groups is 1. The Morgan fingerprint density at radius 2 is 2.17 bits per heavy atom. The standard InChI is InChI=1S/C11H19N3O3S/c1-3-5-18(16,17)6-4-10(15)11(12)9-7-13-14(2)8-9/h7-8,11H,3-6,12H2,1-2H3. The second-order valence-corrected chi connectivity index (χ2v) is 6.60. The molecule has 1 rings (SSSR count). The van der Waals surface area contributed by atoms with Crippen molar-refractivity contribution in [3.05, 3.63) is 18.0 Å². The van der Waals surface area contributed by atoms with Crippen LogP contribution >= 0.6 is 0 Å². The molecule has 0 radical (unpaired) electrons. The van der Waals surface area contributed by atoms with E-state index in [0.29, 0.717) is 12.0 Å². The van der Waals surface area contributed by atoms with E-state index in [4.69, 9.17) is 5.73 Å². The first kappa shape index (κ1) is 14.8. The van der Waals surface area contributed by atoms with Gasteiger partial charge in [-0.1, -0.05) is 6.92 Å². The Morgan fingerprint density at radius 1 is 1.50 bits per heavy atom. The lowest BCUT2D eigenvalue weighted by Gasteiger charge is -2.08. The summed E-state index contributed by atoms with van der Waals surface area (Å²) in [6.45, 7) is 1.79. The Kier molecular flexibility index (Phi) is 5.03. The maximum absolute atomic E-state index is 11.8. The van der Waals surface area contributed by atoms with Crippen molar-refractivity contribution in [1.82, 2.24) is 9.78 Å². The summed E-state index contributed by atoms with van der Waals surface area (Å²) in [6.07, 6.45) is 3.69. The summed E-state index contributed by atoms with van der Waals surface area (Å²) in [4.78, 5) is 11.8. The van der Waals surface area contributed by atoms with E-state index in [9.17, 15) is 13.2 Å². The van der Waals surface area contributed by atoms with E-state index in [-0.39, 0.29) is 23.7 Å². The molecule has 1 aromatic rings. The van der Waals surface area contributed by atoms with Crippen molar-refractivity contribution < 1.29 is 13.2 Å². The molecule has 0 saturated carbocycles. The van der Waals surface area contributed by atoms with E-state index in [1.807, 2.05) is 0 Å². The molecule has 18 heavy (non-hydrogen) atoms. The van der Waals surface area contributed by atoms with Crippen molar-refractivity contribution in [2.24, 2.45) is 12.8 Å². The molecule has 0 aliphatic carbocycles. The van der Waals surface area contributed by atoms with E-state index in [1.54, 1.807) is 24.9 Å². The highest BCUT2D eigenvalue weighted by molar-refractivity contribution is 7.91. The van der Waals surface area contributed by atoms with Crippen molar-refractivity contribution in [3.8, 4) is 0 Å². The lowest BCUT2D eigenvalue weighted by Crippen LogP contribution is -2.24. The number of hydrogen-bond donors (Lipinski definition) is 1. The van der Waals surface area contributed by atoms with Crippen molar-refractivity contribution in [2.45, 2.75) is 25.8 Å². The van der Waals surface area contributed by atoms with Crippen LogP contribution in [-0.4, -0.2) is 35.5 Å². The largest absolute Gasteiger partial charge is 0.318 e. The van der Waals surface area contributed by atoms with Crippen LogP contribution in [0, 0.1) is 0 Å². The number of aryl methyl sites for hydroxylation is 1. The van der Waals surface area contributed by atoms with Crippen LogP contribution in [-0.2, 0) is 21.7 Å². The summed E-state index contributed by atoms with van der Waals surface area (Å²) in [5, 5.41) is 3.92. The molecule has 1 aromatic heterocycles. The van der Waals surface area contributed by atoms with E-state index < -0.39 is 15.9 Å². The van der Waals surface area contributed by atoms with Crippen molar-refractivity contribution in [1.29, 1.82) is 0 Å². The number of rotatable bonds is 7. The van der Waals surface area contributed by atoms with Gasteiger partial charge in [-0.05, 0) is 6.42 Å². The third kappa shape index (κ3) is 4.23. The summed E-state index contributed by atoms with van der Waals surface area (Å²) >= 11 is 0. The Balaban J connectivity index is 2.56. The van der Waals surface area contributed by atoms with E-state index in [2.05, 4.69) is 5.10 Å². The fourth-order valence-electron chi connectivity index (χ4n) is 1.61. The molecule has 0 aromatic carbocycles. The number of carbonyl (C=O) groups is 1. The first-order valence-electron chi connectivity index (χ1n) is 5.83. The van der Waals surface area contributed by atoms with Gasteiger partial charge in [0.25, 0.3) is 0 Å². The molecule has 2 N–H and O–H groups in total. The molecule has 0 bridgehead atoms. The lowest BCUT2D eigenvalue weighted by atomic mass is 10.1. The van der Waals surface area contributed by atoms with Gasteiger partial charge in [0.05, 0.1) is 18.0 Å². The molecule has 0 aliphatic rings. The minimum atomic E-state index is -3.13. The summed E-state index contributed by atoms with van der Waals surface area (Å²) in [5.41, 5.74) is 6.36. The Hall–Kier alpha value is -1.21. The molecule has 7 heteroatoms. The van der Waals surface area contributed by atoms with Gasteiger partial charge in [-0.25, -0.2) is 8.42 Å². The molecule has 0 amide bonds. The number of carbonyl (C=O) groups excluding carboxylic acids is 1. The van der Waals surface area contributed by atoms with Gasteiger partial charge in [0, 0.05) is 31.0 Å². The van der Waals surface area contributed by atoms with E-state index in [0.717, 1.165) is 0 Å².